The van der Waals surface area contributed by atoms with Gasteiger partial charge in [0.15, 0.2) is 0 Å². The van der Waals surface area contributed by atoms with E-state index in [1.807, 2.05) is 62.4 Å². The molecule has 3 nitrogen and oxygen atoms in total. The maximum Gasteiger partial charge on any atom is 0.266 e. The van der Waals surface area contributed by atoms with Gasteiger partial charge >= 0.3 is 0 Å². The number of hydrogen-bond acceptors (Lipinski definition) is 2. The number of aryl methyl sites for hydroxylation is 2. The normalized spacial score (nSPS) is 11.8. The number of hydrogen-bond donors (Lipinski definition) is 1. The molecule has 0 atom stereocenters. The van der Waals surface area contributed by atoms with Crippen molar-refractivity contribution in [1.29, 1.82) is 5.26 Å². The second kappa shape index (κ2) is 7.36. The Labute approximate surface area is 150 Å². The van der Waals surface area contributed by atoms with E-state index in [1.165, 1.54) is 5.56 Å². The molecule has 0 heterocycles. The molecule has 0 bridgehead atoms. The second-order valence-electron chi connectivity index (χ2n) is 7.29. The summed E-state index contributed by atoms with van der Waals surface area (Å²) in [4.78, 5) is 12.4. The molecule has 2 rings (SSSR count). The van der Waals surface area contributed by atoms with Gasteiger partial charge in [-0.1, -0.05) is 51.1 Å². The summed E-state index contributed by atoms with van der Waals surface area (Å²) in [7, 11) is 0. The zero-order chi connectivity index (χ0) is 18.6. The number of carbonyl (C=O) groups excluding carboxylic acids is 1. The molecule has 0 aliphatic rings. The molecule has 0 aliphatic heterocycles. The van der Waals surface area contributed by atoms with Crippen molar-refractivity contribution in [3.8, 4) is 6.07 Å². The fourth-order valence-corrected chi connectivity index (χ4v) is 2.41. The van der Waals surface area contributed by atoms with Crippen molar-refractivity contribution in [2.75, 3.05) is 5.32 Å². The average Bonchev–Trinajstić information content (AvgIpc) is 2.55. The average molecular weight is 332 g/mol. The van der Waals surface area contributed by atoms with Gasteiger partial charge in [0.2, 0.25) is 0 Å². The fraction of sp³-hybridized carbons (Fsp3) is 0.273. The van der Waals surface area contributed by atoms with Gasteiger partial charge in [0.25, 0.3) is 5.91 Å². The monoisotopic (exact) mass is 332 g/mol. The SMILES string of the molecule is Cc1ccc(NC(=O)/C(C#N)=C\c2ccc(C(C)(C)C)cc2)cc1C. The minimum atomic E-state index is -0.398. The van der Waals surface area contributed by atoms with Crippen molar-refractivity contribution in [3.05, 3.63) is 70.3 Å². The second-order valence-corrected chi connectivity index (χ2v) is 7.29. The van der Waals surface area contributed by atoms with Crippen molar-refractivity contribution in [2.45, 2.75) is 40.0 Å². The first kappa shape index (κ1) is 18.5. The van der Waals surface area contributed by atoms with E-state index >= 15 is 0 Å². The molecule has 128 valence electrons. The third-order valence-electron chi connectivity index (χ3n) is 4.22. The van der Waals surface area contributed by atoms with Crippen LogP contribution in [0, 0.1) is 25.2 Å². The van der Waals surface area contributed by atoms with Crippen molar-refractivity contribution in [1.82, 2.24) is 0 Å². The van der Waals surface area contributed by atoms with Gasteiger partial charge in [-0.25, -0.2) is 0 Å². The minimum absolute atomic E-state index is 0.0704. The Morgan fingerprint density at radius 3 is 2.20 bits per heavy atom. The third kappa shape index (κ3) is 4.81. The molecular weight excluding hydrogens is 308 g/mol. The summed E-state index contributed by atoms with van der Waals surface area (Å²) in [6.07, 6.45) is 1.61. The molecule has 1 amide bonds. The number of nitrogens with zero attached hydrogens (tertiary/aromatic N) is 1. The van der Waals surface area contributed by atoms with Crippen LogP contribution in [0.5, 0.6) is 0 Å². The van der Waals surface area contributed by atoms with E-state index in [0.717, 1.165) is 16.7 Å². The summed E-state index contributed by atoms with van der Waals surface area (Å²) in [6.45, 7) is 10.5. The van der Waals surface area contributed by atoms with E-state index in [1.54, 1.807) is 6.08 Å². The van der Waals surface area contributed by atoms with Gasteiger partial charge in [0.05, 0.1) is 0 Å². The number of benzene rings is 2. The molecule has 0 saturated heterocycles. The van der Waals surface area contributed by atoms with E-state index in [-0.39, 0.29) is 11.0 Å². The molecule has 25 heavy (non-hydrogen) atoms. The first-order chi connectivity index (χ1) is 11.7. The Hall–Kier alpha value is -2.86. The standard InChI is InChI=1S/C22H24N2O/c1-15-6-11-20(12-16(15)2)24-21(25)18(14-23)13-17-7-9-19(10-8-17)22(3,4)5/h6-13H,1-5H3,(H,24,25)/b18-13-. The first-order valence-corrected chi connectivity index (χ1v) is 8.31. The molecule has 0 saturated carbocycles. The van der Waals surface area contributed by atoms with E-state index in [9.17, 15) is 10.1 Å². The topological polar surface area (TPSA) is 52.9 Å². The highest BCUT2D eigenvalue weighted by Crippen LogP contribution is 2.23. The molecule has 0 aromatic heterocycles. The molecule has 2 aromatic rings. The van der Waals surface area contributed by atoms with Crippen LogP contribution in [0.1, 0.15) is 43.0 Å². The van der Waals surface area contributed by atoms with Crippen LogP contribution in [0.15, 0.2) is 48.0 Å². The number of nitriles is 1. The molecule has 0 aliphatic carbocycles. The highest BCUT2D eigenvalue weighted by Gasteiger charge is 2.13. The zero-order valence-corrected chi connectivity index (χ0v) is 15.5. The Balaban J connectivity index is 2.20. The molecule has 0 radical (unpaired) electrons. The van der Waals surface area contributed by atoms with Crippen LogP contribution in [0.4, 0.5) is 5.69 Å². The van der Waals surface area contributed by atoms with E-state index in [0.29, 0.717) is 5.69 Å². The van der Waals surface area contributed by atoms with E-state index in [2.05, 4.69) is 26.1 Å². The largest absolute Gasteiger partial charge is 0.321 e. The van der Waals surface area contributed by atoms with Crippen molar-refractivity contribution in [2.24, 2.45) is 0 Å². The van der Waals surface area contributed by atoms with Crippen LogP contribution in [0.25, 0.3) is 6.08 Å². The maximum absolute atomic E-state index is 12.4. The Morgan fingerprint density at radius 2 is 1.68 bits per heavy atom. The molecule has 1 N–H and O–H groups in total. The molecule has 0 fully saturated rings. The van der Waals surface area contributed by atoms with E-state index < -0.39 is 5.91 Å². The molecule has 3 heteroatoms. The van der Waals surface area contributed by atoms with Gasteiger partial charge in [-0.2, -0.15) is 5.26 Å². The Kier molecular flexibility index (Phi) is 5.44. The van der Waals surface area contributed by atoms with Gasteiger partial charge in [0, 0.05) is 5.69 Å². The zero-order valence-electron chi connectivity index (χ0n) is 15.5. The van der Waals surface area contributed by atoms with Crippen LogP contribution in [0.3, 0.4) is 0 Å². The predicted molar refractivity (Wildman–Crippen MR) is 103 cm³/mol. The van der Waals surface area contributed by atoms with Crippen LogP contribution < -0.4 is 5.32 Å². The van der Waals surface area contributed by atoms with Crippen molar-refractivity contribution in [3.63, 3.8) is 0 Å². The van der Waals surface area contributed by atoms with Gasteiger partial charge < -0.3 is 5.32 Å². The van der Waals surface area contributed by atoms with Crippen LogP contribution >= 0.6 is 0 Å². The smallest absolute Gasteiger partial charge is 0.266 e. The lowest BCUT2D eigenvalue weighted by Gasteiger charge is -2.18. The molecule has 2 aromatic carbocycles. The van der Waals surface area contributed by atoms with Crippen molar-refractivity contribution >= 4 is 17.7 Å². The van der Waals surface area contributed by atoms with Gasteiger partial charge in [-0.3, -0.25) is 4.79 Å². The van der Waals surface area contributed by atoms with Gasteiger partial charge in [-0.15, -0.1) is 0 Å². The number of carbonyl (C=O) groups is 1. The lowest BCUT2D eigenvalue weighted by molar-refractivity contribution is -0.112. The van der Waals surface area contributed by atoms with E-state index in [4.69, 9.17) is 0 Å². The number of rotatable bonds is 3. The Morgan fingerprint density at radius 1 is 1.04 bits per heavy atom. The highest BCUT2D eigenvalue weighted by molar-refractivity contribution is 6.09. The number of anilines is 1. The quantitative estimate of drug-likeness (QED) is 0.624. The van der Waals surface area contributed by atoms with Crippen molar-refractivity contribution < 1.29 is 4.79 Å². The Bertz CT molecular complexity index is 847. The lowest BCUT2D eigenvalue weighted by Crippen LogP contribution is -2.13. The number of nitrogens with one attached hydrogen (secondary N) is 1. The summed E-state index contributed by atoms with van der Waals surface area (Å²) < 4.78 is 0. The summed E-state index contributed by atoms with van der Waals surface area (Å²) in [5.74, 6) is -0.398. The molecule has 0 unspecified atom stereocenters. The molecule has 0 spiro atoms. The third-order valence-corrected chi connectivity index (χ3v) is 4.22. The first-order valence-electron chi connectivity index (χ1n) is 8.31. The van der Waals surface area contributed by atoms with Crippen LogP contribution in [0.2, 0.25) is 0 Å². The minimum Gasteiger partial charge on any atom is -0.321 e. The van der Waals surface area contributed by atoms with Crippen LogP contribution in [-0.4, -0.2) is 5.91 Å². The summed E-state index contributed by atoms with van der Waals surface area (Å²) in [5.41, 5.74) is 5.15. The summed E-state index contributed by atoms with van der Waals surface area (Å²) >= 11 is 0. The number of amides is 1. The fourth-order valence-electron chi connectivity index (χ4n) is 2.41. The maximum atomic E-state index is 12.4. The lowest BCUT2D eigenvalue weighted by atomic mass is 9.86. The summed E-state index contributed by atoms with van der Waals surface area (Å²) in [5, 5.41) is 12.1. The highest BCUT2D eigenvalue weighted by atomic mass is 16.1. The van der Waals surface area contributed by atoms with Gasteiger partial charge in [0.1, 0.15) is 11.6 Å². The van der Waals surface area contributed by atoms with Gasteiger partial charge in [-0.05, 0) is 59.7 Å². The molecular formula is C22H24N2O. The predicted octanol–water partition coefficient (Wildman–Crippen LogP) is 5.15. The van der Waals surface area contributed by atoms with Crippen LogP contribution in [-0.2, 0) is 10.2 Å². The summed E-state index contributed by atoms with van der Waals surface area (Å²) in [6, 6.07) is 15.6.